The highest BCUT2D eigenvalue weighted by molar-refractivity contribution is 9.10. The fourth-order valence-corrected chi connectivity index (χ4v) is 6.49. The Hall–Kier alpha value is -4.41. The van der Waals surface area contributed by atoms with Crippen molar-refractivity contribution in [1.29, 1.82) is 0 Å². The van der Waals surface area contributed by atoms with Crippen molar-refractivity contribution in [1.82, 2.24) is 25.1 Å². The van der Waals surface area contributed by atoms with E-state index in [1.807, 2.05) is 66.7 Å². The number of hydrazine groups is 1. The summed E-state index contributed by atoms with van der Waals surface area (Å²) in [5.41, 5.74) is 2.72. The second-order valence-corrected chi connectivity index (χ2v) is 11.9. The van der Waals surface area contributed by atoms with Gasteiger partial charge >= 0.3 is 6.03 Å². The Morgan fingerprint density at radius 3 is 2.49 bits per heavy atom. The number of carbonyl (C=O) groups is 3. The predicted molar refractivity (Wildman–Crippen MR) is 166 cm³/mol. The number of aromatic hydroxyl groups is 1. The van der Waals surface area contributed by atoms with Crippen molar-refractivity contribution in [2.24, 2.45) is 0 Å². The summed E-state index contributed by atoms with van der Waals surface area (Å²) in [4.78, 5) is 44.8. The van der Waals surface area contributed by atoms with Crippen LogP contribution >= 0.6 is 15.9 Å². The molecule has 0 radical (unpaired) electrons. The number of likely N-dealkylation sites (N-methyl/N-ethyl adjacent to an activating group) is 1. The molecule has 0 saturated carbocycles. The van der Waals surface area contributed by atoms with Crippen molar-refractivity contribution in [3.8, 4) is 5.75 Å². The van der Waals surface area contributed by atoms with Gasteiger partial charge in [-0.15, -0.1) is 0 Å². The molecule has 2 heterocycles. The molecule has 2 fully saturated rings. The average Bonchev–Trinajstić information content (AvgIpc) is 2.99. The van der Waals surface area contributed by atoms with E-state index in [0.29, 0.717) is 13.1 Å². The number of nitrogens with one attached hydrogen (secondary N) is 1. The standard InChI is InChI=1S/C33H32BrN5O4/c1-36-21-31(41)38-29(17-22-12-14-27(40)15-13-22)32(42)37(19-25-9-5-8-24-7-2-3-11-28(24)25)20-30(38)39(36)33(43)35-18-23-6-4-10-26(34)16-23/h2-16,29-30,40H,17-21H2,1H3,(H,35,43)/t29-,30?/m0/s1. The third kappa shape index (κ3) is 5.93. The van der Waals surface area contributed by atoms with Crippen molar-refractivity contribution in [3.63, 3.8) is 0 Å². The molecule has 4 aromatic carbocycles. The second-order valence-electron chi connectivity index (χ2n) is 11.0. The third-order valence-electron chi connectivity index (χ3n) is 8.09. The molecule has 0 aliphatic carbocycles. The van der Waals surface area contributed by atoms with E-state index < -0.39 is 12.2 Å². The van der Waals surface area contributed by atoms with Crippen LogP contribution in [0.4, 0.5) is 4.79 Å². The van der Waals surface area contributed by atoms with Gasteiger partial charge in [-0.1, -0.05) is 82.7 Å². The van der Waals surface area contributed by atoms with Gasteiger partial charge in [0.15, 0.2) is 0 Å². The van der Waals surface area contributed by atoms with Crippen molar-refractivity contribution in [3.05, 3.63) is 112 Å². The molecule has 43 heavy (non-hydrogen) atoms. The minimum Gasteiger partial charge on any atom is -0.508 e. The van der Waals surface area contributed by atoms with Gasteiger partial charge in [0.1, 0.15) is 18.0 Å². The Labute approximate surface area is 258 Å². The van der Waals surface area contributed by atoms with E-state index in [1.54, 1.807) is 51.1 Å². The number of halogens is 1. The van der Waals surface area contributed by atoms with E-state index in [9.17, 15) is 19.5 Å². The molecule has 6 rings (SSSR count). The van der Waals surface area contributed by atoms with Crippen molar-refractivity contribution in [2.45, 2.75) is 31.7 Å². The highest BCUT2D eigenvalue weighted by Gasteiger charge is 2.50. The zero-order chi connectivity index (χ0) is 30.1. The molecule has 2 aliphatic rings. The van der Waals surface area contributed by atoms with Crippen LogP contribution in [0.3, 0.4) is 0 Å². The molecule has 4 aromatic rings. The number of carbonyl (C=O) groups excluding carboxylic acids is 3. The molecular formula is C33H32BrN5O4. The number of piperazine rings is 1. The van der Waals surface area contributed by atoms with Gasteiger partial charge in [0.05, 0.1) is 13.1 Å². The number of rotatable bonds is 6. The van der Waals surface area contributed by atoms with Crippen LogP contribution in [0.2, 0.25) is 0 Å². The molecular weight excluding hydrogens is 610 g/mol. The Bertz CT molecular complexity index is 1670. The van der Waals surface area contributed by atoms with Gasteiger partial charge in [-0.2, -0.15) is 0 Å². The summed E-state index contributed by atoms with van der Waals surface area (Å²) in [5, 5.41) is 18.1. The summed E-state index contributed by atoms with van der Waals surface area (Å²) >= 11 is 3.47. The minimum atomic E-state index is -0.820. The van der Waals surface area contributed by atoms with Crippen LogP contribution in [0, 0.1) is 0 Å². The maximum atomic E-state index is 14.2. The van der Waals surface area contributed by atoms with Gasteiger partial charge in [-0.25, -0.2) is 14.8 Å². The lowest BCUT2D eigenvalue weighted by atomic mass is 9.97. The van der Waals surface area contributed by atoms with Gasteiger partial charge in [0, 0.05) is 31.0 Å². The van der Waals surface area contributed by atoms with Gasteiger partial charge in [-0.3, -0.25) is 9.59 Å². The summed E-state index contributed by atoms with van der Waals surface area (Å²) in [7, 11) is 1.72. The van der Waals surface area contributed by atoms with Crippen molar-refractivity contribution >= 4 is 44.5 Å². The molecule has 0 spiro atoms. The van der Waals surface area contributed by atoms with Crippen LogP contribution in [0.25, 0.3) is 10.8 Å². The van der Waals surface area contributed by atoms with Gasteiger partial charge in [0.2, 0.25) is 11.8 Å². The van der Waals surface area contributed by atoms with E-state index in [0.717, 1.165) is 31.9 Å². The van der Waals surface area contributed by atoms with Crippen LogP contribution < -0.4 is 5.32 Å². The quantitative estimate of drug-likeness (QED) is 0.324. The molecule has 9 nitrogen and oxygen atoms in total. The first-order valence-electron chi connectivity index (χ1n) is 14.2. The smallest absolute Gasteiger partial charge is 0.334 e. The summed E-state index contributed by atoms with van der Waals surface area (Å²) in [5.74, 6) is -0.270. The summed E-state index contributed by atoms with van der Waals surface area (Å²) < 4.78 is 0.915. The first-order valence-corrected chi connectivity index (χ1v) is 14.9. The Morgan fingerprint density at radius 2 is 1.70 bits per heavy atom. The molecule has 220 valence electrons. The number of fused-ring (bicyclic) bond motifs is 2. The lowest BCUT2D eigenvalue weighted by molar-refractivity contribution is -0.187. The number of nitrogens with zero attached hydrogens (tertiary/aromatic N) is 4. The molecule has 2 saturated heterocycles. The molecule has 2 aliphatic heterocycles. The normalized spacial score (nSPS) is 19.1. The number of phenolic OH excluding ortho intramolecular Hbond substituents is 1. The van der Waals surface area contributed by atoms with E-state index >= 15 is 0 Å². The van der Waals surface area contributed by atoms with Crippen molar-refractivity contribution < 1.29 is 19.5 Å². The second kappa shape index (κ2) is 12.1. The monoisotopic (exact) mass is 641 g/mol. The van der Waals surface area contributed by atoms with Crippen LogP contribution in [-0.2, 0) is 29.1 Å². The number of amides is 4. The molecule has 0 bridgehead atoms. The Kier molecular flexibility index (Phi) is 8.05. The summed E-state index contributed by atoms with van der Waals surface area (Å²) in [6, 6.07) is 27.2. The highest BCUT2D eigenvalue weighted by Crippen LogP contribution is 2.30. The predicted octanol–water partition coefficient (Wildman–Crippen LogP) is 4.49. The van der Waals surface area contributed by atoms with E-state index in [2.05, 4.69) is 21.2 Å². The SMILES string of the molecule is CN1CC(=O)N2C(CN(Cc3cccc4ccccc34)C(=O)[C@@H]2Cc2ccc(O)cc2)N1C(=O)NCc1cccc(Br)c1. The number of benzene rings is 4. The van der Waals surface area contributed by atoms with Crippen LogP contribution in [0.1, 0.15) is 16.7 Å². The first-order chi connectivity index (χ1) is 20.8. The zero-order valence-electron chi connectivity index (χ0n) is 23.7. The summed E-state index contributed by atoms with van der Waals surface area (Å²) in [6.07, 6.45) is -0.450. The molecule has 4 amide bonds. The van der Waals surface area contributed by atoms with Gasteiger partial charge in [0.25, 0.3) is 0 Å². The van der Waals surface area contributed by atoms with E-state index in [-0.39, 0.29) is 43.1 Å². The first kappa shape index (κ1) is 28.7. The largest absolute Gasteiger partial charge is 0.508 e. The average molecular weight is 643 g/mol. The topological polar surface area (TPSA) is 96.4 Å². The molecule has 1 unspecified atom stereocenters. The minimum absolute atomic E-state index is 0.0382. The number of phenols is 1. The zero-order valence-corrected chi connectivity index (χ0v) is 25.3. The van der Waals surface area contributed by atoms with Crippen LogP contribution in [0.5, 0.6) is 5.75 Å². The number of urea groups is 1. The molecule has 2 atom stereocenters. The van der Waals surface area contributed by atoms with Crippen LogP contribution in [-0.4, -0.2) is 75.1 Å². The van der Waals surface area contributed by atoms with Gasteiger partial charge in [-0.05, 0) is 51.7 Å². The number of hydrogen-bond acceptors (Lipinski definition) is 5. The third-order valence-corrected chi connectivity index (χ3v) is 8.58. The van der Waals surface area contributed by atoms with Crippen molar-refractivity contribution in [2.75, 3.05) is 20.1 Å². The maximum absolute atomic E-state index is 14.2. The highest BCUT2D eigenvalue weighted by atomic mass is 79.9. The van der Waals surface area contributed by atoms with Crippen LogP contribution in [0.15, 0.2) is 95.5 Å². The van der Waals surface area contributed by atoms with Gasteiger partial charge < -0.3 is 20.2 Å². The fourth-order valence-electron chi connectivity index (χ4n) is 6.04. The molecule has 2 N–H and O–H groups in total. The number of hydrogen-bond donors (Lipinski definition) is 2. The van der Waals surface area contributed by atoms with E-state index in [1.165, 1.54) is 0 Å². The lowest BCUT2D eigenvalue weighted by Crippen LogP contribution is -2.76. The maximum Gasteiger partial charge on any atom is 0.334 e. The fraction of sp³-hybridized carbons (Fsp3) is 0.242. The van der Waals surface area contributed by atoms with E-state index in [4.69, 9.17) is 0 Å². The molecule has 10 heteroatoms. The lowest BCUT2D eigenvalue weighted by Gasteiger charge is -2.54. The molecule has 0 aromatic heterocycles. The Morgan fingerprint density at radius 1 is 0.953 bits per heavy atom. The Balaban J connectivity index is 1.34. The summed E-state index contributed by atoms with van der Waals surface area (Å²) in [6.45, 7) is 0.763.